The number of furan rings is 1. The summed E-state index contributed by atoms with van der Waals surface area (Å²) in [5, 5.41) is 3.82. The molecule has 0 fully saturated rings. The lowest BCUT2D eigenvalue weighted by Gasteiger charge is -2.03. The first-order valence-corrected chi connectivity index (χ1v) is 5.96. The molecule has 0 saturated carbocycles. The van der Waals surface area contributed by atoms with Crippen LogP contribution >= 0.6 is 0 Å². The van der Waals surface area contributed by atoms with Gasteiger partial charge >= 0.3 is 0 Å². The van der Waals surface area contributed by atoms with Gasteiger partial charge in [0.05, 0.1) is 12.7 Å². The Morgan fingerprint density at radius 3 is 2.94 bits per heavy atom. The van der Waals surface area contributed by atoms with E-state index in [9.17, 15) is 4.79 Å². The first-order valence-electron chi connectivity index (χ1n) is 5.96. The molecule has 0 aliphatic carbocycles. The molecule has 0 unspecified atom stereocenters. The van der Waals surface area contributed by atoms with Crippen molar-refractivity contribution in [2.75, 3.05) is 6.54 Å². The van der Waals surface area contributed by atoms with Crippen molar-refractivity contribution in [1.29, 1.82) is 0 Å². The smallest absolute Gasteiger partial charge is 0.224 e. The van der Waals surface area contributed by atoms with Gasteiger partial charge in [-0.15, -0.1) is 6.58 Å². The SMILES string of the molecule is C=CCNC(=O)Cc1coc2cc(C)cc(C)c12. The number of benzene rings is 1. The largest absolute Gasteiger partial charge is 0.464 e. The molecule has 1 heterocycles. The van der Waals surface area contributed by atoms with Crippen LogP contribution in [0.4, 0.5) is 0 Å². The number of carbonyl (C=O) groups excluding carboxylic acids is 1. The molecule has 0 spiro atoms. The molecule has 1 aromatic carbocycles. The molecular formula is C15H17NO2. The van der Waals surface area contributed by atoms with Crippen LogP contribution in [0.5, 0.6) is 0 Å². The summed E-state index contributed by atoms with van der Waals surface area (Å²) < 4.78 is 5.52. The van der Waals surface area contributed by atoms with E-state index in [0.717, 1.165) is 27.7 Å². The topological polar surface area (TPSA) is 42.2 Å². The Morgan fingerprint density at radius 1 is 1.44 bits per heavy atom. The zero-order chi connectivity index (χ0) is 13.1. The minimum absolute atomic E-state index is 0.0161. The van der Waals surface area contributed by atoms with E-state index < -0.39 is 0 Å². The van der Waals surface area contributed by atoms with Crippen LogP contribution in [0.25, 0.3) is 11.0 Å². The maximum atomic E-state index is 11.7. The second kappa shape index (κ2) is 5.08. The molecule has 1 N–H and O–H groups in total. The molecule has 3 heteroatoms. The number of hydrogen-bond acceptors (Lipinski definition) is 2. The van der Waals surface area contributed by atoms with Crippen LogP contribution in [-0.2, 0) is 11.2 Å². The van der Waals surface area contributed by atoms with Crippen LogP contribution in [-0.4, -0.2) is 12.5 Å². The van der Waals surface area contributed by atoms with Gasteiger partial charge in [0.15, 0.2) is 0 Å². The second-order valence-electron chi connectivity index (χ2n) is 4.49. The highest BCUT2D eigenvalue weighted by atomic mass is 16.3. The molecule has 0 radical (unpaired) electrons. The van der Waals surface area contributed by atoms with Crippen LogP contribution in [0.1, 0.15) is 16.7 Å². The summed E-state index contributed by atoms with van der Waals surface area (Å²) in [5.74, 6) is -0.0161. The van der Waals surface area contributed by atoms with Crippen molar-refractivity contribution in [2.45, 2.75) is 20.3 Å². The van der Waals surface area contributed by atoms with Crippen molar-refractivity contribution in [2.24, 2.45) is 0 Å². The Morgan fingerprint density at radius 2 is 2.22 bits per heavy atom. The summed E-state index contributed by atoms with van der Waals surface area (Å²) in [6.45, 7) is 8.13. The normalized spacial score (nSPS) is 10.6. The molecule has 3 nitrogen and oxygen atoms in total. The lowest BCUT2D eigenvalue weighted by molar-refractivity contribution is -0.120. The van der Waals surface area contributed by atoms with Crippen molar-refractivity contribution >= 4 is 16.9 Å². The summed E-state index contributed by atoms with van der Waals surface area (Å²) in [6, 6.07) is 4.09. The highest BCUT2D eigenvalue weighted by molar-refractivity contribution is 5.90. The maximum absolute atomic E-state index is 11.7. The van der Waals surface area contributed by atoms with Crippen molar-refractivity contribution in [3.05, 3.63) is 47.7 Å². The monoisotopic (exact) mass is 243 g/mol. The Hall–Kier alpha value is -2.03. The van der Waals surface area contributed by atoms with Crippen molar-refractivity contribution in [3.8, 4) is 0 Å². The van der Waals surface area contributed by atoms with E-state index in [2.05, 4.69) is 18.0 Å². The molecular weight excluding hydrogens is 226 g/mol. The third-order valence-corrected chi connectivity index (χ3v) is 2.89. The minimum atomic E-state index is -0.0161. The number of carbonyl (C=O) groups is 1. The Labute approximate surface area is 106 Å². The van der Waals surface area contributed by atoms with Crippen molar-refractivity contribution in [1.82, 2.24) is 5.32 Å². The van der Waals surface area contributed by atoms with Crippen LogP contribution in [0.2, 0.25) is 0 Å². The van der Waals surface area contributed by atoms with E-state index in [-0.39, 0.29) is 5.91 Å². The molecule has 94 valence electrons. The molecule has 0 saturated heterocycles. The number of nitrogens with one attached hydrogen (secondary N) is 1. The van der Waals surface area contributed by atoms with E-state index in [1.54, 1.807) is 12.3 Å². The summed E-state index contributed by atoms with van der Waals surface area (Å²) >= 11 is 0. The third kappa shape index (κ3) is 2.45. The molecule has 2 rings (SSSR count). The van der Waals surface area contributed by atoms with Crippen LogP contribution in [0.3, 0.4) is 0 Å². The fourth-order valence-corrected chi connectivity index (χ4v) is 2.18. The average Bonchev–Trinajstić information content (AvgIpc) is 2.69. The standard InChI is InChI=1S/C15H17NO2/c1-4-5-16-14(17)8-12-9-18-13-7-10(2)6-11(3)15(12)13/h4,6-7,9H,1,5,8H2,2-3H3,(H,16,17). The second-order valence-corrected chi connectivity index (χ2v) is 4.49. The number of amides is 1. The fourth-order valence-electron chi connectivity index (χ4n) is 2.18. The van der Waals surface area contributed by atoms with E-state index in [0.29, 0.717) is 13.0 Å². The van der Waals surface area contributed by atoms with Gasteiger partial charge in [-0.25, -0.2) is 0 Å². The van der Waals surface area contributed by atoms with Gasteiger partial charge in [-0.2, -0.15) is 0 Å². The molecule has 1 amide bonds. The maximum Gasteiger partial charge on any atom is 0.224 e. The van der Waals surface area contributed by atoms with E-state index in [4.69, 9.17) is 4.42 Å². The fraction of sp³-hybridized carbons (Fsp3) is 0.267. The first kappa shape index (κ1) is 12.4. The van der Waals surface area contributed by atoms with Crippen LogP contribution < -0.4 is 5.32 Å². The minimum Gasteiger partial charge on any atom is -0.464 e. The Balaban J connectivity index is 2.29. The van der Waals surface area contributed by atoms with E-state index in [1.807, 2.05) is 19.9 Å². The summed E-state index contributed by atoms with van der Waals surface area (Å²) in [4.78, 5) is 11.7. The van der Waals surface area contributed by atoms with Gasteiger partial charge in [0, 0.05) is 17.5 Å². The van der Waals surface area contributed by atoms with Crippen molar-refractivity contribution < 1.29 is 9.21 Å². The molecule has 0 bridgehead atoms. The van der Waals surface area contributed by atoms with Crippen molar-refractivity contribution in [3.63, 3.8) is 0 Å². The predicted molar refractivity (Wildman–Crippen MR) is 72.6 cm³/mol. The van der Waals surface area contributed by atoms with Gasteiger partial charge in [-0.1, -0.05) is 12.1 Å². The van der Waals surface area contributed by atoms with Crippen LogP contribution in [0.15, 0.2) is 35.5 Å². The van der Waals surface area contributed by atoms with Gasteiger partial charge < -0.3 is 9.73 Å². The third-order valence-electron chi connectivity index (χ3n) is 2.89. The molecule has 0 aliphatic rings. The summed E-state index contributed by atoms with van der Waals surface area (Å²) in [5.41, 5.74) is 4.09. The molecule has 0 aliphatic heterocycles. The Bertz CT molecular complexity index is 596. The lowest BCUT2D eigenvalue weighted by Crippen LogP contribution is -2.24. The van der Waals surface area contributed by atoms with Gasteiger partial charge in [0.2, 0.25) is 5.91 Å². The molecule has 2 aromatic rings. The number of rotatable bonds is 4. The van der Waals surface area contributed by atoms with E-state index in [1.165, 1.54) is 0 Å². The Kier molecular flexibility index (Phi) is 3.51. The van der Waals surface area contributed by atoms with Crippen LogP contribution in [0, 0.1) is 13.8 Å². The lowest BCUT2D eigenvalue weighted by atomic mass is 10.0. The van der Waals surface area contributed by atoms with E-state index >= 15 is 0 Å². The highest BCUT2D eigenvalue weighted by Gasteiger charge is 2.12. The first-order chi connectivity index (χ1) is 8.61. The van der Waals surface area contributed by atoms with Gasteiger partial charge in [0.1, 0.15) is 5.58 Å². The summed E-state index contributed by atoms with van der Waals surface area (Å²) in [6.07, 6.45) is 3.68. The predicted octanol–water partition coefficient (Wildman–Crippen LogP) is 2.89. The molecule has 18 heavy (non-hydrogen) atoms. The highest BCUT2D eigenvalue weighted by Crippen LogP contribution is 2.26. The summed E-state index contributed by atoms with van der Waals surface area (Å²) in [7, 11) is 0. The average molecular weight is 243 g/mol. The molecule has 0 atom stereocenters. The number of aryl methyl sites for hydroxylation is 2. The number of fused-ring (bicyclic) bond motifs is 1. The van der Waals surface area contributed by atoms with Gasteiger partial charge in [-0.3, -0.25) is 4.79 Å². The quantitative estimate of drug-likeness (QED) is 0.839. The van der Waals surface area contributed by atoms with Gasteiger partial charge in [0.25, 0.3) is 0 Å². The zero-order valence-electron chi connectivity index (χ0n) is 10.7. The number of hydrogen-bond donors (Lipinski definition) is 1. The zero-order valence-corrected chi connectivity index (χ0v) is 10.7. The van der Waals surface area contributed by atoms with Gasteiger partial charge in [-0.05, 0) is 31.0 Å². The molecule has 1 aromatic heterocycles.